The standard InChI is InChI=1S/C13H22N2O4/c1-19-9-7-10(14-8-9)11(16)15-13(12(17)18)5-3-2-4-6-13/h9-10,14H,2-8H2,1H3,(H,15,16)(H,17,18). The number of hydrogen-bond acceptors (Lipinski definition) is 4. The van der Waals surface area contributed by atoms with Gasteiger partial charge in [-0.05, 0) is 19.3 Å². The Hall–Kier alpha value is -1.14. The molecule has 1 saturated carbocycles. The van der Waals surface area contributed by atoms with Crippen molar-refractivity contribution in [3.8, 4) is 0 Å². The first kappa shape index (κ1) is 14.3. The van der Waals surface area contributed by atoms with Crippen LogP contribution >= 0.6 is 0 Å². The highest BCUT2D eigenvalue weighted by molar-refractivity contribution is 5.89. The average molecular weight is 270 g/mol. The molecule has 6 nitrogen and oxygen atoms in total. The largest absolute Gasteiger partial charge is 0.480 e. The van der Waals surface area contributed by atoms with Crippen molar-refractivity contribution >= 4 is 11.9 Å². The molecular formula is C13H22N2O4. The van der Waals surface area contributed by atoms with Crippen molar-refractivity contribution < 1.29 is 19.4 Å². The van der Waals surface area contributed by atoms with Crippen LogP contribution in [0.25, 0.3) is 0 Å². The first-order chi connectivity index (χ1) is 9.07. The van der Waals surface area contributed by atoms with Crippen LogP contribution in [0.15, 0.2) is 0 Å². The molecule has 0 radical (unpaired) electrons. The summed E-state index contributed by atoms with van der Waals surface area (Å²) >= 11 is 0. The molecule has 1 saturated heterocycles. The van der Waals surface area contributed by atoms with Crippen LogP contribution < -0.4 is 10.6 Å². The Morgan fingerprint density at radius 1 is 1.32 bits per heavy atom. The van der Waals surface area contributed by atoms with E-state index in [2.05, 4.69) is 10.6 Å². The number of carboxylic acid groups (broad SMARTS) is 1. The van der Waals surface area contributed by atoms with E-state index < -0.39 is 11.5 Å². The van der Waals surface area contributed by atoms with Gasteiger partial charge in [0.05, 0.1) is 12.1 Å². The van der Waals surface area contributed by atoms with E-state index in [1.165, 1.54) is 0 Å². The van der Waals surface area contributed by atoms with Crippen molar-refractivity contribution in [1.29, 1.82) is 0 Å². The van der Waals surface area contributed by atoms with E-state index in [0.717, 1.165) is 19.3 Å². The molecule has 108 valence electrons. The fourth-order valence-electron chi connectivity index (χ4n) is 2.95. The van der Waals surface area contributed by atoms with E-state index in [-0.39, 0.29) is 18.1 Å². The summed E-state index contributed by atoms with van der Waals surface area (Å²) in [7, 11) is 1.62. The van der Waals surface area contributed by atoms with Crippen LogP contribution in [0.2, 0.25) is 0 Å². The lowest BCUT2D eigenvalue weighted by molar-refractivity contribution is -0.149. The summed E-state index contributed by atoms with van der Waals surface area (Å²) < 4.78 is 5.20. The zero-order chi connectivity index (χ0) is 13.9. The van der Waals surface area contributed by atoms with Gasteiger partial charge in [0.25, 0.3) is 0 Å². The number of carboxylic acids is 1. The Labute approximate surface area is 112 Å². The van der Waals surface area contributed by atoms with E-state index in [1.54, 1.807) is 7.11 Å². The van der Waals surface area contributed by atoms with Crippen molar-refractivity contribution in [3.63, 3.8) is 0 Å². The predicted molar refractivity (Wildman–Crippen MR) is 68.8 cm³/mol. The van der Waals surface area contributed by atoms with Crippen LogP contribution in [0.3, 0.4) is 0 Å². The molecule has 19 heavy (non-hydrogen) atoms. The van der Waals surface area contributed by atoms with Crippen LogP contribution in [0.1, 0.15) is 38.5 Å². The molecule has 0 aromatic rings. The number of amides is 1. The van der Waals surface area contributed by atoms with E-state index in [9.17, 15) is 14.7 Å². The lowest BCUT2D eigenvalue weighted by Gasteiger charge is -2.34. The van der Waals surface area contributed by atoms with Gasteiger partial charge in [-0.2, -0.15) is 0 Å². The molecule has 2 fully saturated rings. The van der Waals surface area contributed by atoms with Gasteiger partial charge in [0, 0.05) is 13.7 Å². The molecule has 0 aromatic heterocycles. The minimum absolute atomic E-state index is 0.0304. The Morgan fingerprint density at radius 2 is 2.00 bits per heavy atom. The number of nitrogens with one attached hydrogen (secondary N) is 2. The second kappa shape index (κ2) is 5.88. The third-order valence-electron chi connectivity index (χ3n) is 4.22. The van der Waals surface area contributed by atoms with E-state index >= 15 is 0 Å². The van der Waals surface area contributed by atoms with Crippen molar-refractivity contribution in [2.24, 2.45) is 0 Å². The molecule has 2 aliphatic rings. The number of rotatable bonds is 4. The zero-order valence-electron chi connectivity index (χ0n) is 11.3. The molecule has 2 unspecified atom stereocenters. The fourth-order valence-corrected chi connectivity index (χ4v) is 2.95. The summed E-state index contributed by atoms with van der Waals surface area (Å²) in [5, 5.41) is 15.3. The molecule has 0 spiro atoms. The van der Waals surface area contributed by atoms with Crippen molar-refractivity contribution in [2.45, 2.75) is 56.2 Å². The molecule has 1 amide bonds. The third kappa shape index (κ3) is 3.06. The molecule has 0 bridgehead atoms. The lowest BCUT2D eigenvalue weighted by Crippen LogP contribution is -2.58. The van der Waals surface area contributed by atoms with Gasteiger partial charge in [0.2, 0.25) is 5.91 Å². The van der Waals surface area contributed by atoms with E-state index in [1.807, 2.05) is 0 Å². The number of carbonyl (C=O) groups excluding carboxylic acids is 1. The highest BCUT2D eigenvalue weighted by Crippen LogP contribution is 2.29. The van der Waals surface area contributed by atoms with Crippen molar-refractivity contribution in [3.05, 3.63) is 0 Å². The van der Waals surface area contributed by atoms with Gasteiger partial charge in [-0.1, -0.05) is 19.3 Å². The number of ether oxygens (including phenoxy) is 1. The molecule has 1 heterocycles. The summed E-state index contributed by atoms with van der Waals surface area (Å²) in [6, 6.07) is -0.344. The fraction of sp³-hybridized carbons (Fsp3) is 0.846. The number of methoxy groups -OCH3 is 1. The van der Waals surface area contributed by atoms with Crippen LogP contribution in [0.4, 0.5) is 0 Å². The van der Waals surface area contributed by atoms with E-state index in [4.69, 9.17) is 4.74 Å². The topological polar surface area (TPSA) is 87.7 Å². The SMILES string of the molecule is COC1CNC(C(=O)NC2(C(=O)O)CCCCC2)C1. The number of aliphatic carboxylic acids is 1. The summed E-state index contributed by atoms with van der Waals surface area (Å²) in [5.41, 5.74) is -1.07. The minimum atomic E-state index is -1.07. The van der Waals surface area contributed by atoms with E-state index in [0.29, 0.717) is 25.8 Å². The Morgan fingerprint density at radius 3 is 2.53 bits per heavy atom. The molecule has 3 N–H and O–H groups in total. The molecular weight excluding hydrogens is 248 g/mol. The van der Waals surface area contributed by atoms with Gasteiger partial charge < -0.3 is 20.5 Å². The minimum Gasteiger partial charge on any atom is -0.480 e. The second-order valence-electron chi connectivity index (χ2n) is 5.49. The van der Waals surface area contributed by atoms with Gasteiger partial charge in [-0.3, -0.25) is 4.79 Å². The first-order valence-electron chi connectivity index (χ1n) is 6.89. The summed E-state index contributed by atoms with van der Waals surface area (Å²) in [6.07, 6.45) is 4.42. The van der Waals surface area contributed by atoms with Gasteiger partial charge >= 0.3 is 5.97 Å². The summed E-state index contributed by atoms with van der Waals surface area (Å²) in [4.78, 5) is 23.7. The summed E-state index contributed by atoms with van der Waals surface area (Å²) in [6.45, 7) is 0.634. The Kier molecular flexibility index (Phi) is 4.42. The molecule has 1 aliphatic heterocycles. The maximum Gasteiger partial charge on any atom is 0.329 e. The highest BCUT2D eigenvalue weighted by Gasteiger charge is 2.43. The summed E-state index contributed by atoms with van der Waals surface area (Å²) in [5.74, 6) is -1.13. The van der Waals surface area contributed by atoms with Gasteiger partial charge in [0.15, 0.2) is 0 Å². The first-order valence-corrected chi connectivity index (χ1v) is 6.89. The molecule has 2 atom stereocenters. The van der Waals surface area contributed by atoms with Crippen LogP contribution in [-0.4, -0.2) is 48.3 Å². The Bertz CT molecular complexity index is 353. The number of carbonyl (C=O) groups is 2. The highest BCUT2D eigenvalue weighted by atomic mass is 16.5. The lowest BCUT2D eigenvalue weighted by atomic mass is 9.81. The zero-order valence-corrected chi connectivity index (χ0v) is 11.3. The average Bonchev–Trinajstić information content (AvgIpc) is 2.88. The van der Waals surface area contributed by atoms with Crippen molar-refractivity contribution in [2.75, 3.05) is 13.7 Å². The van der Waals surface area contributed by atoms with Crippen LogP contribution in [-0.2, 0) is 14.3 Å². The molecule has 1 aliphatic carbocycles. The van der Waals surface area contributed by atoms with Gasteiger partial charge in [0.1, 0.15) is 5.54 Å². The maximum absolute atomic E-state index is 12.2. The second-order valence-corrected chi connectivity index (χ2v) is 5.49. The molecule has 2 rings (SSSR count). The quantitative estimate of drug-likeness (QED) is 0.682. The van der Waals surface area contributed by atoms with Gasteiger partial charge in [-0.15, -0.1) is 0 Å². The van der Waals surface area contributed by atoms with Crippen molar-refractivity contribution in [1.82, 2.24) is 10.6 Å². The monoisotopic (exact) mass is 270 g/mol. The number of hydrogen-bond donors (Lipinski definition) is 3. The van der Waals surface area contributed by atoms with Crippen LogP contribution in [0.5, 0.6) is 0 Å². The molecule has 6 heteroatoms. The maximum atomic E-state index is 12.2. The van der Waals surface area contributed by atoms with Crippen LogP contribution in [0, 0.1) is 0 Å². The Balaban J connectivity index is 1.98. The normalized spacial score (nSPS) is 29.9. The predicted octanol–water partition coefficient (Wildman–Crippen LogP) is 0.267. The molecule has 0 aromatic carbocycles. The van der Waals surface area contributed by atoms with Gasteiger partial charge in [-0.25, -0.2) is 4.79 Å². The third-order valence-corrected chi connectivity index (χ3v) is 4.22. The smallest absolute Gasteiger partial charge is 0.329 e.